The van der Waals surface area contributed by atoms with Crippen molar-refractivity contribution in [3.05, 3.63) is 56.5 Å². The first kappa shape index (κ1) is 18.0. The highest BCUT2D eigenvalue weighted by Gasteiger charge is 2.24. The number of hydrogen-bond acceptors (Lipinski definition) is 6. The first-order valence-corrected chi connectivity index (χ1v) is 8.62. The highest BCUT2D eigenvalue weighted by Crippen LogP contribution is 2.21. The van der Waals surface area contributed by atoms with Gasteiger partial charge in [-0.1, -0.05) is 34.1 Å². The standard InChI is InChI=1S/C17H13BrN2O3S/c1-11-10-24-17(20-11)13(8-19)15(21)9-23-16(22)7-6-12-4-2-3-5-14(12)18/h2-7,10,13H,9H2,1H3/b7-6+/t13-/m0/s1. The lowest BCUT2D eigenvalue weighted by molar-refractivity contribution is -0.143. The Balaban J connectivity index is 1.92. The molecule has 1 aromatic heterocycles. The average molecular weight is 405 g/mol. The molecular formula is C17H13BrN2O3S. The van der Waals surface area contributed by atoms with E-state index < -0.39 is 24.3 Å². The number of rotatable bonds is 6. The smallest absolute Gasteiger partial charge is 0.331 e. The second-order valence-corrected chi connectivity index (χ2v) is 6.56. The molecule has 122 valence electrons. The maximum absolute atomic E-state index is 12.1. The minimum atomic E-state index is -1.01. The van der Waals surface area contributed by atoms with Crippen molar-refractivity contribution in [3.8, 4) is 6.07 Å². The zero-order valence-electron chi connectivity index (χ0n) is 12.7. The number of halogens is 1. The lowest BCUT2D eigenvalue weighted by Crippen LogP contribution is -2.19. The molecule has 0 bridgehead atoms. The SMILES string of the molecule is Cc1csc([C@@H](C#N)C(=O)COC(=O)/C=C/c2ccccc2Br)n1. The summed E-state index contributed by atoms with van der Waals surface area (Å²) in [6.45, 7) is 1.32. The Hall–Kier alpha value is -2.30. The van der Waals surface area contributed by atoms with Crippen LogP contribution in [0.5, 0.6) is 0 Å². The Labute approximate surface area is 151 Å². The molecule has 0 amide bonds. The average Bonchev–Trinajstić information content (AvgIpc) is 2.99. The third-order valence-corrected chi connectivity index (χ3v) is 4.75. The predicted octanol–water partition coefficient (Wildman–Crippen LogP) is 3.65. The zero-order chi connectivity index (χ0) is 17.5. The van der Waals surface area contributed by atoms with Gasteiger partial charge in [0, 0.05) is 21.6 Å². The van der Waals surface area contributed by atoms with Crippen LogP contribution in [0, 0.1) is 18.3 Å². The number of nitrogens with zero attached hydrogens (tertiary/aromatic N) is 2. The molecule has 0 N–H and O–H groups in total. The summed E-state index contributed by atoms with van der Waals surface area (Å²) in [5.74, 6) is -2.15. The highest BCUT2D eigenvalue weighted by atomic mass is 79.9. The van der Waals surface area contributed by atoms with Crippen LogP contribution in [-0.2, 0) is 14.3 Å². The molecule has 0 radical (unpaired) electrons. The molecular weight excluding hydrogens is 392 g/mol. The number of ketones is 1. The predicted molar refractivity (Wildman–Crippen MR) is 94.3 cm³/mol. The van der Waals surface area contributed by atoms with E-state index >= 15 is 0 Å². The van der Waals surface area contributed by atoms with E-state index in [0.29, 0.717) is 5.01 Å². The number of carbonyl (C=O) groups excluding carboxylic acids is 2. The molecule has 5 nitrogen and oxygen atoms in total. The van der Waals surface area contributed by atoms with Crippen LogP contribution in [0.4, 0.5) is 0 Å². The molecule has 1 atom stereocenters. The molecule has 0 saturated carbocycles. The van der Waals surface area contributed by atoms with Crippen LogP contribution in [0.2, 0.25) is 0 Å². The minimum Gasteiger partial charge on any atom is -0.454 e. The van der Waals surface area contributed by atoms with E-state index in [-0.39, 0.29) is 0 Å². The molecule has 2 aromatic rings. The van der Waals surface area contributed by atoms with E-state index in [1.54, 1.807) is 18.4 Å². The molecule has 2 rings (SSSR count). The molecule has 1 heterocycles. The Kier molecular flexibility index (Phi) is 6.41. The van der Waals surface area contributed by atoms with Crippen molar-refractivity contribution >= 4 is 45.1 Å². The van der Waals surface area contributed by atoms with E-state index in [0.717, 1.165) is 15.7 Å². The largest absolute Gasteiger partial charge is 0.454 e. The lowest BCUT2D eigenvalue weighted by atomic mass is 10.1. The van der Waals surface area contributed by atoms with Crippen LogP contribution in [0.1, 0.15) is 22.2 Å². The fraction of sp³-hybridized carbons (Fsp3) is 0.176. The molecule has 0 aliphatic rings. The Morgan fingerprint density at radius 1 is 1.46 bits per heavy atom. The van der Waals surface area contributed by atoms with Gasteiger partial charge in [-0.15, -0.1) is 11.3 Å². The topological polar surface area (TPSA) is 80.0 Å². The molecule has 0 aliphatic carbocycles. The summed E-state index contributed by atoms with van der Waals surface area (Å²) in [5, 5.41) is 11.3. The molecule has 7 heteroatoms. The van der Waals surface area contributed by atoms with E-state index in [1.807, 2.05) is 30.3 Å². The number of thiazole rings is 1. The van der Waals surface area contributed by atoms with Gasteiger partial charge < -0.3 is 4.74 Å². The van der Waals surface area contributed by atoms with E-state index in [9.17, 15) is 9.59 Å². The number of benzene rings is 1. The van der Waals surface area contributed by atoms with E-state index in [1.165, 1.54) is 17.4 Å². The normalized spacial score (nSPS) is 11.9. The number of nitriles is 1. The van der Waals surface area contributed by atoms with Crippen molar-refractivity contribution in [3.63, 3.8) is 0 Å². The first-order valence-electron chi connectivity index (χ1n) is 6.95. The molecule has 24 heavy (non-hydrogen) atoms. The van der Waals surface area contributed by atoms with Crippen molar-refractivity contribution in [1.29, 1.82) is 5.26 Å². The second kappa shape index (κ2) is 8.52. The fourth-order valence-corrected chi connectivity index (χ4v) is 3.09. The maximum atomic E-state index is 12.1. The Bertz CT molecular complexity index is 823. The molecule has 0 fully saturated rings. The Morgan fingerprint density at radius 2 is 2.21 bits per heavy atom. The van der Waals surface area contributed by atoms with Crippen molar-refractivity contribution in [2.24, 2.45) is 0 Å². The second-order valence-electron chi connectivity index (χ2n) is 4.82. The van der Waals surface area contributed by atoms with E-state index in [4.69, 9.17) is 10.00 Å². The quantitative estimate of drug-likeness (QED) is 0.542. The van der Waals surface area contributed by atoms with Gasteiger partial charge >= 0.3 is 5.97 Å². The van der Waals surface area contributed by atoms with Crippen LogP contribution >= 0.6 is 27.3 Å². The highest BCUT2D eigenvalue weighted by molar-refractivity contribution is 9.10. The fourth-order valence-electron chi connectivity index (χ4n) is 1.81. The van der Waals surface area contributed by atoms with Gasteiger partial charge in [-0.05, 0) is 24.6 Å². The van der Waals surface area contributed by atoms with Gasteiger partial charge in [0.05, 0.1) is 6.07 Å². The number of aryl methyl sites for hydroxylation is 1. The molecule has 0 spiro atoms. The van der Waals surface area contributed by atoms with Gasteiger partial charge in [0.1, 0.15) is 5.01 Å². The molecule has 0 unspecified atom stereocenters. The van der Waals surface area contributed by atoms with E-state index in [2.05, 4.69) is 20.9 Å². The number of ether oxygens (including phenoxy) is 1. The van der Waals surface area contributed by atoms with Crippen LogP contribution in [0.25, 0.3) is 6.08 Å². The van der Waals surface area contributed by atoms with Gasteiger partial charge in [-0.3, -0.25) is 4.79 Å². The summed E-state index contributed by atoms with van der Waals surface area (Å²) in [6, 6.07) is 9.28. The maximum Gasteiger partial charge on any atom is 0.331 e. The number of esters is 1. The minimum absolute atomic E-state index is 0.416. The van der Waals surface area contributed by atoms with Crippen molar-refractivity contribution in [2.75, 3.05) is 6.61 Å². The zero-order valence-corrected chi connectivity index (χ0v) is 15.1. The van der Waals surface area contributed by atoms with Gasteiger partial charge in [0.25, 0.3) is 0 Å². The van der Waals surface area contributed by atoms with Crippen molar-refractivity contribution in [1.82, 2.24) is 4.98 Å². The van der Waals surface area contributed by atoms with Gasteiger partial charge in [0.15, 0.2) is 18.3 Å². The number of aromatic nitrogens is 1. The third kappa shape index (κ3) is 4.85. The number of hydrogen-bond donors (Lipinski definition) is 0. The summed E-state index contributed by atoms with van der Waals surface area (Å²) < 4.78 is 5.75. The summed E-state index contributed by atoms with van der Waals surface area (Å²) in [6.07, 6.45) is 2.82. The Morgan fingerprint density at radius 3 is 2.83 bits per heavy atom. The van der Waals surface area contributed by atoms with Gasteiger partial charge in [-0.2, -0.15) is 5.26 Å². The lowest BCUT2D eigenvalue weighted by Gasteiger charge is -2.05. The number of carbonyl (C=O) groups is 2. The van der Waals surface area contributed by atoms with Crippen LogP contribution in [0.15, 0.2) is 40.2 Å². The first-order chi connectivity index (χ1) is 11.5. The summed E-state index contributed by atoms with van der Waals surface area (Å²) in [7, 11) is 0. The van der Waals surface area contributed by atoms with Crippen molar-refractivity contribution < 1.29 is 14.3 Å². The molecule has 1 aromatic carbocycles. The van der Waals surface area contributed by atoms with Gasteiger partial charge in [0.2, 0.25) is 0 Å². The monoisotopic (exact) mass is 404 g/mol. The summed E-state index contributed by atoms with van der Waals surface area (Å²) in [4.78, 5) is 27.9. The van der Waals surface area contributed by atoms with Gasteiger partial charge in [-0.25, -0.2) is 9.78 Å². The molecule has 0 aliphatic heterocycles. The van der Waals surface area contributed by atoms with Crippen LogP contribution in [0.3, 0.4) is 0 Å². The summed E-state index contributed by atoms with van der Waals surface area (Å²) in [5.41, 5.74) is 1.56. The van der Waals surface area contributed by atoms with Crippen LogP contribution < -0.4 is 0 Å². The van der Waals surface area contributed by atoms with Crippen LogP contribution in [-0.4, -0.2) is 23.3 Å². The number of Topliss-reactive ketones (excluding diaryl/α,β-unsaturated/α-hetero) is 1. The molecule has 0 saturated heterocycles. The summed E-state index contributed by atoms with van der Waals surface area (Å²) >= 11 is 4.61. The third-order valence-electron chi connectivity index (χ3n) is 3.00. The van der Waals surface area contributed by atoms with Crippen molar-refractivity contribution in [2.45, 2.75) is 12.8 Å².